The minimum absolute atomic E-state index is 0.0599. The van der Waals surface area contributed by atoms with Crippen molar-refractivity contribution in [1.82, 2.24) is 4.90 Å². The highest BCUT2D eigenvalue weighted by Gasteiger charge is 2.28. The summed E-state index contributed by atoms with van der Waals surface area (Å²) in [5.74, 6) is 0.848. The van der Waals surface area contributed by atoms with Gasteiger partial charge in [-0.1, -0.05) is 71.0 Å². The lowest BCUT2D eigenvalue weighted by molar-refractivity contribution is 0.108. The molecule has 1 heterocycles. The SMILES string of the molecule is C\C=C(N)/C=C\C(=C/N)C(C)(C)Cc1ccc(CN2CCC(C(C)(C)C)CC2)cc1. The van der Waals surface area contributed by atoms with Gasteiger partial charge in [0.2, 0.25) is 0 Å². The summed E-state index contributed by atoms with van der Waals surface area (Å²) in [6.07, 6.45) is 11.1. The second-order valence-corrected chi connectivity index (χ2v) is 10.5. The third-order valence-corrected chi connectivity index (χ3v) is 6.64. The predicted molar refractivity (Wildman–Crippen MR) is 131 cm³/mol. The van der Waals surface area contributed by atoms with Crippen LogP contribution in [0.3, 0.4) is 0 Å². The molecule has 0 bridgehead atoms. The minimum atomic E-state index is -0.0599. The fourth-order valence-corrected chi connectivity index (χ4v) is 4.38. The molecular formula is C27H43N3. The summed E-state index contributed by atoms with van der Waals surface area (Å²) >= 11 is 0. The standard InChI is InChI=1S/C27H43N3/c1-7-25(29)13-12-24(19-28)27(5,6)18-21-8-10-22(11-9-21)20-30-16-14-23(15-17-30)26(2,3)4/h7-13,19,23H,14-18,20,28-29H2,1-6H3/b13-12-,24-19+,25-7+. The van der Waals surface area contributed by atoms with Crippen molar-refractivity contribution < 1.29 is 0 Å². The Morgan fingerprint density at radius 3 is 2.07 bits per heavy atom. The summed E-state index contributed by atoms with van der Waals surface area (Å²) in [5, 5.41) is 0. The van der Waals surface area contributed by atoms with Crippen molar-refractivity contribution in [3.63, 3.8) is 0 Å². The molecule has 3 nitrogen and oxygen atoms in total. The number of hydrogen-bond donors (Lipinski definition) is 2. The van der Waals surface area contributed by atoms with Crippen molar-refractivity contribution in [3.05, 3.63) is 71.1 Å². The highest BCUT2D eigenvalue weighted by Crippen LogP contribution is 2.35. The van der Waals surface area contributed by atoms with E-state index in [1.54, 1.807) is 6.20 Å². The molecule has 1 aliphatic rings. The van der Waals surface area contributed by atoms with Crippen molar-refractivity contribution in [2.75, 3.05) is 13.1 Å². The van der Waals surface area contributed by atoms with E-state index in [-0.39, 0.29) is 5.41 Å². The highest BCUT2D eigenvalue weighted by atomic mass is 15.1. The van der Waals surface area contributed by atoms with Crippen LogP contribution in [0.15, 0.2) is 60.0 Å². The molecule has 30 heavy (non-hydrogen) atoms. The van der Waals surface area contributed by atoms with Gasteiger partial charge in [0.25, 0.3) is 0 Å². The van der Waals surface area contributed by atoms with Gasteiger partial charge in [0, 0.05) is 12.2 Å². The van der Waals surface area contributed by atoms with Gasteiger partial charge in [0.15, 0.2) is 0 Å². The van der Waals surface area contributed by atoms with Gasteiger partial charge in [0.05, 0.1) is 0 Å². The van der Waals surface area contributed by atoms with Crippen molar-refractivity contribution in [1.29, 1.82) is 0 Å². The Morgan fingerprint density at radius 1 is 1.00 bits per heavy atom. The van der Waals surface area contributed by atoms with Crippen LogP contribution in [-0.2, 0) is 13.0 Å². The van der Waals surface area contributed by atoms with E-state index in [9.17, 15) is 0 Å². The maximum Gasteiger partial charge on any atom is 0.0270 e. The van der Waals surface area contributed by atoms with Crippen LogP contribution in [0.4, 0.5) is 0 Å². The van der Waals surface area contributed by atoms with Gasteiger partial charge >= 0.3 is 0 Å². The first kappa shape index (κ1) is 24.3. The normalized spacial score (nSPS) is 18.3. The van der Waals surface area contributed by atoms with E-state index in [2.05, 4.69) is 63.8 Å². The molecule has 0 saturated carbocycles. The van der Waals surface area contributed by atoms with Gasteiger partial charge in [-0.3, -0.25) is 4.90 Å². The fraction of sp³-hybridized carbons (Fsp3) is 0.556. The van der Waals surface area contributed by atoms with Gasteiger partial charge in [-0.2, -0.15) is 0 Å². The first-order chi connectivity index (χ1) is 14.0. The molecule has 0 aliphatic carbocycles. The fourth-order valence-electron chi connectivity index (χ4n) is 4.38. The van der Waals surface area contributed by atoms with Gasteiger partial charge in [0.1, 0.15) is 0 Å². The third-order valence-electron chi connectivity index (χ3n) is 6.64. The first-order valence-electron chi connectivity index (χ1n) is 11.4. The van der Waals surface area contributed by atoms with E-state index in [1.807, 2.05) is 25.2 Å². The molecule has 0 radical (unpaired) electrons. The Labute approximate surface area is 184 Å². The summed E-state index contributed by atoms with van der Waals surface area (Å²) in [4.78, 5) is 2.60. The van der Waals surface area contributed by atoms with Crippen LogP contribution in [0.5, 0.6) is 0 Å². The quantitative estimate of drug-likeness (QED) is 0.562. The van der Waals surface area contributed by atoms with Gasteiger partial charge in [-0.05, 0) is 85.0 Å². The number of likely N-dealkylation sites (tertiary alicyclic amines) is 1. The topological polar surface area (TPSA) is 55.3 Å². The van der Waals surface area contributed by atoms with E-state index in [0.717, 1.165) is 30.2 Å². The molecule has 3 heteroatoms. The zero-order valence-corrected chi connectivity index (χ0v) is 20.0. The largest absolute Gasteiger partial charge is 0.404 e. The summed E-state index contributed by atoms with van der Waals surface area (Å²) < 4.78 is 0. The molecule has 0 unspecified atom stereocenters. The summed E-state index contributed by atoms with van der Waals surface area (Å²) in [6, 6.07) is 9.13. The number of hydrogen-bond acceptors (Lipinski definition) is 3. The van der Waals surface area contributed by atoms with Crippen molar-refractivity contribution in [2.24, 2.45) is 28.2 Å². The van der Waals surface area contributed by atoms with E-state index in [4.69, 9.17) is 11.5 Å². The monoisotopic (exact) mass is 409 g/mol. The van der Waals surface area contributed by atoms with Crippen molar-refractivity contribution in [3.8, 4) is 0 Å². The second kappa shape index (κ2) is 10.3. The van der Waals surface area contributed by atoms with Gasteiger partial charge in [-0.25, -0.2) is 0 Å². The maximum atomic E-state index is 5.93. The lowest BCUT2D eigenvalue weighted by atomic mass is 9.75. The molecule has 1 saturated heterocycles. The summed E-state index contributed by atoms with van der Waals surface area (Å²) in [6.45, 7) is 17.0. The molecular weight excluding hydrogens is 366 g/mol. The molecule has 0 aromatic heterocycles. The Hall–Kier alpha value is -2.00. The first-order valence-corrected chi connectivity index (χ1v) is 11.4. The van der Waals surface area contributed by atoms with Crippen LogP contribution >= 0.6 is 0 Å². The number of rotatable bonds is 7. The van der Waals surface area contributed by atoms with Gasteiger partial charge < -0.3 is 11.5 Å². The highest BCUT2D eigenvalue weighted by molar-refractivity contribution is 5.33. The van der Waals surface area contributed by atoms with Crippen LogP contribution in [0, 0.1) is 16.7 Å². The molecule has 166 valence electrons. The molecule has 1 aromatic rings. The number of piperidine rings is 1. The van der Waals surface area contributed by atoms with Gasteiger partial charge in [-0.15, -0.1) is 0 Å². The zero-order chi connectivity index (χ0) is 22.4. The van der Waals surface area contributed by atoms with Crippen LogP contribution in [-0.4, -0.2) is 18.0 Å². The second-order valence-electron chi connectivity index (χ2n) is 10.5. The predicted octanol–water partition coefficient (Wildman–Crippen LogP) is 5.77. The van der Waals surface area contributed by atoms with Crippen molar-refractivity contribution in [2.45, 2.75) is 67.3 Å². The average Bonchev–Trinajstić information content (AvgIpc) is 2.69. The maximum absolute atomic E-state index is 5.93. The third kappa shape index (κ3) is 7.05. The molecule has 1 aromatic carbocycles. The average molecular weight is 410 g/mol. The van der Waals surface area contributed by atoms with Crippen LogP contribution in [0.2, 0.25) is 0 Å². The number of nitrogens with zero attached hydrogens (tertiary/aromatic N) is 1. The Kier molecular flexibility index (Phi) is 8.37. The van der Waals surface area contributed by atoms with E-state index in [0.29, 0.717) is 5.41 Å². The zero-order valence-electron chi connectivity index (χ0n) is 20.0. The molecule has 2 rings (SSSR count). The molecule has 0 atom stereocenters. The Balaban J connectivity index is 1.95. The van der Waals surface area contributed by atoms with Crippen LogP contribution in [0.25, 0.3) is 0 Å². The Morgan fingerprint density at radius 2 is 1.57 bits per heavy atom. The van der Waals surface area contributed by atoms with E-state index in [1.165, 1.54) is 37.1 Å². The number of nitrogens with two attached hydrogens (primary N) is 2. The lowest BCUT2D eigenvalue weighted by Gasteiger charge is -2.38. The van der Waals surface area contributed by atoms with Crippen molar-refractivity contribution >= 4 is 0 Å². The van der Waals surface area contributed by atoms with Crippen LogP contribution in [0.1, 0.15) is 65.5 Å². The minimum Gasteiger partial charge on any atom is -0.404 e. The molecule has 0 spiro atoms. The molecule has 1 aliphatic heterocycles. The van der Waals surface area contributed by atoms with E-state index < -0.39 is 0 Å². The molecule has 1 fully saturated rings. The summed E-state index contributed by atoms with van der Waals surface area (Å²) in [5.41, 5.74) is 16.8. The lowest BCUT2D eigenvalue weighted by Crippen LogP contribution is -2.37. The number of allylic oxidation sites excluding steroid dienone is 4. The van der Waals surface area contributed by atoms with E-state index >= 15 is 0 Å². The smallest absolute Gasteiger partial charge is 0.0270 e. The van der Waals surface area contributed by atoms with Crippen LogP contribution < -0.4 is 11.5 Å². The molecule has 4 N–H and O–H groups in total. The number of benzene rings is 1. The Bertz CT molecular complexity index is 752. The summed E-state index contributed by atoms with van der Waals surface area (Å²) in [7, 11) is 0. The molecule has 0 amide bonds.